The minimum absolute atomic E-state index is 0.351. The fraction of sp³-hybridized carbons (Fsp3) is 0.200. The third-order valence-electron chi connectivity index (χ3n) is 3.86. The molecular weight excluding hydrogens is 318 g/mol. The molecule has 0 spiro atoms. The molecule has 0 bridgehead atoms. The van der Waals surface area contributed by atoms with Crippen LogP contribution in [0.25, 0.3) is 11.6 Å². The first-order chi connectivity index (χ1) is 12.0. The Morgan fingerprint density at radius 3 is 2.12 bits per heavy atom. The van der Waals surface area contributed by atoms with Crippen molar-refractivity contribution in [2.75, 3.05) is 19.0 Å². The summed E-state index contributed by atoms with van der Waals surface area (Å²) >= 11 is 0. The van der Waals surface area contributed by atoms with Crippen molar-refractivity contribution in [3.05, 3.63) is 65.7 Å². The summed E-state index contributed by atoms with van der Waals surface area (Å²) in [5, 5.41) is 0. The van der Waals surface area contributed by atoms with E-state index in [1.165, 1.54) is 0 Å². The predicted octanol–water partition coefficient (Wildman–Crippen LogP) is 3.11. The van der Waals surface area contributed by atoms with Crippen LogP contribution < -0.4 is 4.90 Å². The van der Waals surface area contributed by atoms with Crippen LogP contribution in [0.5, 0.6) is 0 Å². The van der Waals surface area contributed by atoms with E-state index in [-0.39, 0.29) is 6.42 Å². The van der Waals surface area contributed by atoms with Crippen molar-refractivity contribution in [1.29, 1.82) is 0 Å². The number of hydrogen-bond acceptors (Lipinski definition) is 5. The van der Waals surface area contributed by atoms with Gasteiger partial charge in [0.1, 0.15) is 6.42 Å². The third kappa shape index (κ3) is 4.07. The molecule has 1 aliphatic rings. The Morgan fingerprint density at radius 1 is 0.960 bits per heavy atom. The SMILES string of the molecule is CN(C)c1ccc(C=C(c2ccccc2)C2OC(=O)CC(=O)O2)cc1. The molecule has 128 valence electrons. The van der Waals surface area contributed by atoms with Crippen LogP contribution in [0.1, 0.15) is 17.5 Å². The molecule has 25 heavy (non-hydrogen) atoms. The van der Waals surface area contributed by atoms with E-state index < -0.39 is 18.2 Å². The van der Waals surface area contributed by atoms with Gasteiger partial charge in [-0.3, -0.25) is 9.59 Å². The molecule has 0 unspecified atom stereocenters. The number of benzene rings is 2. The standard InChI is InChI=1S/C20H19NO4/c1-21(2)16-10-8-14(9-11-16)12-17(15-6-4-3-5-7-15)20-24-18(22)13-19(23)25-20/h3-12,20H,13H2,1-2H3. The van der Waals surface area contributed by atoms with Gasteiger partial charge in [0.25, 0.3) is 6.29 Å². The second-order valence-electron chi connectivity index (χ2n) is 5.94. The summed E-state index contributed by atoms with van der Waals surface area (Å²) in [7, 11) is 3.95. The summed E-state index contributed by atoms with van der Waals surface area (Å²) < 4.78 is 10.5. The van der Waals surface area contributed by atoms with Crippen LogP contribution in [-0.4, -0.2) is 32.3 Å². The van der Waals surface area contributed by atoms with Gasteiger partial charge in [-0.05, 0) is 29.3 Å². The average molecular weight is 337 g/mol. The van der Waals surface area contributed by atoms with E-state index in [0.717, 1.165) is 16.8 Å². The molecule has 5 nitrogen and oxygen atoms in total. The zero-order valence-corrected chi connectivity index (χ0v) is 14.1. The van der Waals surface area contributed by atoms with Crippen LogP contribution in [-0.2, 0) is 19.1 Å². The fourth-order valence-electron chi connectivity index (χ4n) is 2.56. The third-order valence-corrected chi connectivity index (χ3v) is 3.86. The summed E-state index contributed by atoms with van der Waals surface area (Å²) in [6.07, 6.45) is 0.478. The van der Waals surface area contributed by atoms with E-state index in [2.05, 4.69) is 0 Å². The maximum Gasteiger partial charge on any atom is 0.320 e. The second kappa shape index (κ2) is 7.21. The van der Waals surface area contributed by atoms with E-state index in [0.29, 0.717) is 5.57 Å². The lowest BCUT2D eigenvalue weighted by atomic mass is 10.0. The van der Waals surface area contributed by atoms with Gasteiger partial charge in [0, 0.05) is 25.4 Å². The van der Waals surface area contributed by atoms with Gasteiger partial charge in [0.2, 0.25) is 0 Å². The van der Waals surface area contributed by atoms with Gasteiger partial charge in [0.15, 0.2) is 0 Å². The molecule has 0 N–H and O–H groups in total. The largest absolute Gasteiger partial charge is 0.420 e. The Labute approximate surface area is 146 Å². The van der Waals surface area contributed by atoms with Gasteiger partial charge < -0.3 is 14.4 Å². The van der Waals surface area contributed by atoms with Gasteiger partial charge in [-0.15, -0.1) is 0 Å². The summed E-state index contributed by atoms with van der Waals surface area (Å²) in [5.41, 5.74) is 3.45. The molecule has 1 aliphatic heterocycles. The number of carbonyl (C=O) groups is 2. The van der Waals surface area contributed by atoms with Crippen LogP contribution in [0.2, 0.25) is 0 Å². The average Bonchev–Trinajstić information content (AvgIpc) is 2.60. The molecule has 1 saturated heterocycles. The van der Waals surface area contributed by atoms with Crippen molar-refractivity contribution in [3.63, 3.8) is 0 Å². The number of anilines is 1. The van der Waals surface area contributed by atoms with E-state index in [9.17, 15) is 9.59 Å². The molecule has 2 aromatic carbocycles. The summed E-state index contributed by atoms with van der Waals surface area (Å²) in [6, 6.07) is 17.3. The predicted molar refractivity (Wildman–Crippen MR) is 95.7 cm³/mol. The molecule has 2 aromatic rings. The number of nitrogens with zero attached hydrogens (tertiary/aromatic N) is 1. The van der Waals surface area contributed by atoms with Crippen LogP contribution in [0.15, 0.2) is 54.6 Å². The Morgan fingerprint density at radius 2 is 1.56 bits per heavy atom. The number of cyclic esters (lactones) is 2. The number of hydrogen-bond donors (Lipinski definition) is 0. The first kappa shape index (κ1) is 16.8. The molecule has 1 heterocycles. The fourth-order valence-corrected chi connectivity index (χ4v) is 2.56. The van der Waals surface area contributed by atoms with Gasteiger partial charge in [-0.2, -0.15) is 0 Å². The summed E-state index contributed by atoms with van der Waals surface area (Å²) in [6.45, 7) is 0. The van der Waals surface area contributed by atoms with Crippen molar-refractivity contribution < 1.29 is 19.1 Å². The topological polar surface area (TPSA) is 55.8 Å². The van der Waals surface area contributed by atoms with Gasteiger partial charge in [-0.25, -0.2) is 0 Å². The Hall–Kier alpha value is -3.08. The number of ether oxygens (including phenoxy) is 2. The Balaban J connectivity index is 1.99. The van der Waals surface area contributed by atoms with Crippen LogP contribution in [0.3, 0.4) is 0 Å². The zero-order chi connectivity index (χ0) is 17.8. The molecule has 3 rings (SSSR count). The molecule has 0 saturated carbocycles. The zero-order valence-electron chi connectivity index (χ0n) is 14.1. The lowest BCUT2D eigenvalue weighted by Gasteiger charge is -2.25. The van der Waals surface area contributed by atoms with E-state index in [4.69, 9.17) is 9.47 Å². The highest BCUT2D eigenvalue weighted by atomic mass is 16.7. The number of carbonyl (C=O) groups excluding carboxylic acids is 2. The first-order valence-electron chi connectivity index (χ1n) is 7.96. The van der Waals surface area contributed by atoms with Gasteiger partial charge in [-0.1, -0.05) is 42.5 Å². The first-order valence-corrected chi connectivity index (χ1v) is 7.96. The Bertz CT molecular complexity index is 778. The molecule has 1 fully saturated rings. The van der Waals surface area contributed by atoms with E-state index in [1.54, 1.807) is 0 Å². The van der Waals surface area contributed by atoms with Crippen molar-refractivity contribution in [2.24, 2.45) is 0 Å². The number of esters is 2. The Kier molecular flexibility index (Phi) is 4.84. The summed E-state index contributed by atoms with van der Waals surface area (Å²) in [5.74, 6) is -1.16. The lowest BCUT2D eigenvalue weighted by molar-refractivity contribution is -0.192. The van der Waals surface area contributed by atoms with Crippen LogP contribution in [0, 0.1) is 0 Å². The molecular formula is C20H19NO4. The van der Waals surface area contributed by atoms with Crippen molar-refractivity contribution >= 4 is 29.3 Å². The smallest absolute Gasteiger partial charge is 0.320 e. The van der Waals surface area contributed by atoms with Crippen molar-refractivity contribution in [1.82, 2.24) is 0 Å². The summed E-state index contributed by atoms with van der Waals surface area (Å²) in [4.78, 5) is 25.3. The molecule has 0 amide bonds. The van der Waals surface area contributed by atoms with Crippen molar-refractivity contribution in [3.8, 4) is 0 Å². The van der Waals surface area contributed by atoms with Crippen molar-refractivity contribution in [2.45, 2.75) is 12.7 Å². The molecule has 5 heteroatoms. The molecule has 0 aromatic heterocycles. The number of rotatable bonds is 4. The quantitative estimate of drug-likeness (QED) is 0.487. The minimum Gasteiger partial charge on any atom is -0.420 e. The van der Waals surface area contributed by atoms with Crippen LogP contribution in [0.4, 0.5) is 5.69 Å². The lowest BCUT2D eigenvalue weighted by Crippen LogP contribution is -2.33. The molecule has 0 radical (unpaired) electrons. The van der Waals surface area contributed by atoms with Gasteiger partial charge >= 0.3 is 11.9 Å². The molecule has 0 aliphatic carbocycles. The van der Waals surface area contributed by atoms with Gasteiger partial charge in [0.05, 0.1) is 0 Å². The normalized spacial score (nSPS) is 15.5. The highest BCUT2D eigenvalue weighted by Crippen LogP contribution is 2.28. The minimum atomic E-state index is -1.04. The maximum absolute atomic E-state index is 11.6. The van der Waals surface area contributed by atoms with E-state index >= 15 is 0 Å². The second-order valence-corrected chi connectivity index (χ2v) is 5.94. The van der Waals surface area contributed by atoms with Crippen LogP contribution >= 0.6 is 0 Å². The highest BCUT2D eigenvalue weighted by molar-refractivity contribution is 5.95. The van der Waals surface area contributed by atoms with E-state index in [1.807, 2.05) is 79.7 Å². The highest BCUT2D eigenvalue weighted by Gasteiger charge is 2.31. The molecule has 0 atom stereocenters. The monoisotopic (exact) mass is 337 g/mol. The maximum atomic E-state index is 11.6.